The molecule has 1 N–H and O–H groups in total. The summed E-state index contributed by atoms with van der Waals surface area (Å²) in [4.78, 5) is 12.0. The maximum atomic E-state index is 13.5. The Morgan fingerprint density at radius 3 is 2.55 bits per heavy atom. The summed E-state index contributed by atoms with van der Waals surface area (Å²) in [6.45, 7) is 0. The van der Waals surface area contributed by atoms with E-state index in [9.17, 15) is 13.6 Å². The second-order valence-electron chi connectivity index (χ2n) is 4.97. The van der Waals surface area contributed by atoms with Gasteiger partial charge in [0.2, 0.25) is 5.91 Å². The van der Waals surface area contributed by atoms with E-state index in [1.54, 1.807) is 0 Å². The lowest BCUT2D eigenvalue weighted by Crippen LogP contribution is -2.15. The van der Waals surface area contributed by atoms with Gasteiger partial charge in [-0.15, -0.1) is 0 Å². The lowest BCUT2D eigenvalue weighted by atomic mass is 10.1. The summed E-state index contributed by atoms with van der Waals surface area (Å²) in [6, 6.07) is 12.9. The van der Waals surface area contributed by atoms with Crippen LogP contribution in [0.5, 0.6) is 0 Å². The number of anilines is 1. The molecule has 1 aliphatic rings. The second kappa shape index (κ2) is 5.04. The van der Waals surface area contributed by atoms with Crippen molar-refractivity contribution >= 4 is 11.6 Å². The quantitative estimate of drug-likeness (QED) is 0.907. The maximum absolute atomic E-state index is 13.5. The number of benzene rings is 2. The van der Waals surface area contributed by atoms with Gasteiger partial charge in [-0.3, -0.25) is 4.79 Å². The van der Waals surface area contributed by atoms with Crippen molar-refractivity contribution in [1.29, 1.82) is 0 Å². The minimum Gasteiger partial charge on any atom is -0.323 e. The molecule has 0 spiro atoms. The highest BCUT2D eigenvalue weighted by Crippen LogP contribution is 2.47. The molecule has 2 aromatic carbocycles. The van der Waals surface area contributed by atoms with E-state index in [1.165, 1.54) is 6.07 Å². The Morgan fingerprint density at radius 1 is 1.10 bits per heavy atom. The van der Waals surface area contributed by atoms with Gasteiger partial charge in [-0.1, -0.05) is 30.3 Å². The Balaban J connectivity index is 1.67. The van der Waals surface area contributed by atoms with Gasteiger partial charge in [-0.05, 0) is 30.0 Å². The lowest BCUT2D eigenvalue weighted by Gasteiger charge is -2.06. The number of carbonyl (C=O) groups excluding carboxylic acids is 1. The van der Waals surface area contributed by atoms with E-state index in [0.29, 0.717) is 0 Å². The molecule has 3 rings (SSSR count). The van der Waals surface area contributed by atoms with E-state index in [0.717, 1.165) is 24.1 Å². The third-order valence-electron chi connectivity index (χ3n) is 3.54. The average Bonchev–Trinajstić information content (AvgIpc) is 3.23. The number of nitrogens with one attached hydrogen (secondary N) is 1. The first-order chi connectivity index (χ1) is 9.65. The molecule has 2 aromatic rings. The molecule has 0 aliphatic heterocycles. The van der Waals surface area contributed by atoms with Crippen LogP contribution in [0.1, 0.15) is 17.9 Å². The van der Waals surface area contributed by atoms with E-state index in [4.69, 9.17) is 0 Å². The molecule has 0 bridgehead atoms. The van der Waals surface area contributed by atoms with E-state index >= 15 is 0 Å². The van der Waals surface area contributed by atoms with Crippen LogP contribution in [0.25, 0.3) is 0 Å². The van der Waals surface area contributed by atoms with Gasteiger partial charge in [0.25, 0.3) is 0 Å². The van der Waals surface area contributed by atoms with Crippen molar-refractivity contribution in [2.24, 2.45) is 5.92 Å². The first kappa shape index (κ1) is 12.8. The minimum absolute atomic E-state index is 0.0233. The molecule has 0 heterocycles. The van der Waals surface area contributed by atoms with Crippen LogP contribution < -0.4 is 5.32 Å². The number of hydrogen-bond donors (Lipinski definition) is 1. The summed E-state index contributed by atoms with van der Waals surface area (Å²) in [5.41, 5.74) is 1.14. The van der Waals surface area contributed by atoms with Crippen molar-refractivity contribution < 1.29 is 13.6 Å². The van der Waals surface area contributed by atoms with Crippen LogP contribution >= 0.6 is 0 Å². The molecule has 2 nitrogen and oxygen atoms in total. The molecule has 4 heteroatoms. The third kappa shape index (κ3) is 2.54. The number of rotatable bonds is 3. The second-order valence-corrected chi connectivity index (χ2v) is 4.97. The average molecular weight is 273 g/mol. The summed E-state index contributed by atoms with van der Waals surface area (Å²) in [6.07, 6.45) is 0.763. The molecule has 102 valence electrons. The monoisotopic (exact) mass is 273 g/mol. The van der Waals surface area contributed by atoms with Gasteiger partial charge >= 0.3 is 0 Å². The summed E-state index contributed by atoms with van der Waals surface area (Å²) in [5.74, 6) is -1.57. The van der Waals surface area contributed by atoms with Crippen LogP contribution in [-0.4, -0.2) is 5.91 Å². The molecule has 20 heavy (non-hydrogen) atoms. The van der Waals surface area contributed by atoms with Crippen molar-refractivity contribution in [2.45, 2.75) is 12.3 Å². The molecular weight excluding hydrogens is 260 g/mol. The van der Waals surface area contributed by atoms with Gasteiger partial charge in [0.15, 0.2) is 0 Å². The van der Waals surface area contributed by atoms with Crippen LogP contribution in [0, 0.1) is 17.6 Å². The van der Waals surface area contributed by atoms with E-state index in [1.807, 2.05) is 30.3 Å². The Morgan fingerprint density at radius 2 is 1.85 bits per heavy atom. The Kier molecular flexibility index (Phi) is 3.22. The fraction of sp³-hybridized carbons (Fsp3) is 0.188. The third-order valence-corrected chi connectivity index (χ3v) is 3.54. The van der Waals surface area contributed by atoms with Crippen molar-refractivity contribution in [3.63, 3.8) is 0 Å². The van der Waals surface area contributed by atoms with Gasteiger partial charge in [0, 0.05) is 12.0 Å². The predicted molar refractivity (Wildman–Crippen MR) is 72.3 cm³/mol. The SMILES string of the molecule is O=C(Nc1ccc(F)cc1F)[C@H]1C[C@H]1c1ccccc1. The molecule has 0 aromatic heterocycles. The fourth-order valence-electron chi connectivity index (χ4n) is 2.37. The van der Waals surface area contributed by atoms with Gasteiger partial charge in [0.1, 0.15) is 11.6 Å². The molecule has 1 aliphatic carbocycles. The van der Waals surface area contributed by atoms with Gasteiger partial charge in [-0.2, -0.15) is 0 Å². The smallest absolute Gasteiger partial charge is 0.228 e. The van der Waals surface area contributed by atoms with Crippen LogP contribution in [0.2, 0.25) is 0 Å². The number of carbonyl (C=O) groups is 1. The lowest BCUT2D eigenvalue weighted by molar-refractivity contribution is -0.117. The summed E-state index contributed by atoms with van der Waals surface area (Å²) in [5, 5.41) is 2.52. The fourth-order valence-corrected chi connectivity index (χ4v) is 2.37. The van der Waals surface area contributed by atoms with Crippen molar-refractivity contribution in [1.82, 2.24) is 0 Å². The van der Waals surface area contributed by atoms with E-state index < -0.39 is 11.6 Å². The Labute approximate surface area is 115 Å². The van der Waals surface area contributed by atoms with Crippen molar-refractivity contribution in [3.05, 3.63) is 65.7 Å². The van der Waals surface area contributed by atoms with Crippen molar-refractivity contribution in [3.8, 4) is 0 Å². The van der Waals surface area contributed by atoms with Gasteiger partial charge in [-0.25, -0.2) is 8.78 Å². The van der Waals surface area contributed by atoms with E-state index in [-0.39, 0.29) is 23.4 Å². The Bertz CT molecular complexity index is 642. The molecule has 2 atom stereocenters. The topological polar surface area (TPSA) is 29.1 Å². The van der Waals surface area contributed by atoms with Crippen LogP contribution in [0.15, 0.2) is 48.5 Å². The zero-order valence-corrected chi connectivity index (χ0v) is 10.6. The number of amides is 1. The normalized spacial score (nSPS) is 20.5. The predicted octanol–water partition coefficient (Wildman–Crippen LogP) is 3.71. The van der Waals surface area contributed by atoms with Gasteiger partial charge in [0.05, 0.1) is 5.69 Å². The molecule has 1 saturated carbocycles. The van der Waals surface area contributed by atoms with Gasteiger partial charge < -0.3 is 5.32 Å². The molecular formula is C16H13F2NO. The highest BCUT2D eigenvalue weighted by Gasteiger charge is 2.43. The first-order valence-corrected chi connectivity index (χ1v) is 6.46. The summed E-state index contributed by atoms with van der Waals surface area (Å²) >= 11 is 0. The molecule has 0 saturated heterocycles. The molecule has 0 radical (unpaired) electrons. The zero-order chi connectivity index (χ0) is 14.1. The Hall–Kier alpha value is -2.23. The largest absolute Gasteiger partial charge is 0.323 e. The van der Waals surface area contributed by atoms with Crippen LogP contribution in [0.3, 0.4) is 0 Å². The van der Waals surface area contributed by atoms with Crippen LogP contribution in [0.4, 0.5) is 14.5 Å². The number of halogens is 2. The highest BCUT2D eigenvalue weighted by atomic mass is 19.1. The minimum atomic E-state index is -0.754. The standard InChI is InChI=1S/C16H13F2NO/c17-11-6-7-15(14(18)8-11)19-16(20)13-9-12(13)10-4-2-1-3-5-10/h1-8,12-13H,9H2,(H,19,20)/t12-,13-/m0/s1. The highest BCUT2D eigenvalue weighted by molar-refractivity contribution is 5.95. The zero-order valence-electron chi connectivity index (χ0n) is 10.6. The summed E-state index contributed by atoms with van der Waals surface area (Å²) in [7, 11) is 0. The maximum Gasteiger partial charge on any atom is 0.228 e. The van der Waals surface area contributed by atoms with E-state index in [2.05, 4.69) is 5.32 Å². The van der Waals surface area contributed by atoms with Crippen LogP contribution in [-0.2, 0) is 4.79 Å². The molecule has 0 unspecified atom stereocenters. The molecule has 1 amide bonds. The molecule has 1 fully saturated rings. The summed E-state index contributed by atoms with van der Waals surface area (Å²) < 4.78 is 26.2. The number of hydrogen-bond acceptors (Lipinski definition) is 1. The first-order valence-electron chi connectivity index (χ1n) is 6.46. The van der Waals surface area contributed by atoms with Crippen molar-refractivity contribution in [2.75, 3.05) is 5.32 Å².